The number of aliphatic carboxylic acids is 1. The van der Waals surface area contributed by atoms with Crippen LogP contribution in [0.2, 0.25) is 0 Å². The fraction of sp³-hybridized carbons (Fsp3) is 0.769. The van der Waals surface area contributed by atoms with Gasteiger partial charge in [0.05, 0.1) is 6.54 Å². The quantitative estimate of drug-likeness (QED) is 0.615. The van der Waals surface area contributed by atoms with Crippen LogP contribution < -0.4 is 5.32 Å². The van der Waals surface area contributed by atoms with Crippen molar-refractivity contribution in [1.29, 1.82) is 0 Å². The summed E-state index contributed by atoms with van der Waals surface area (Å²) in [6, 6.07) is -0.630. The van der Waals surface area contributed by atoms with Crippen molar-refractivity contribution in [2.45, 2.75) is 45.3 Å². The molecule has 0 aromatic heterocycles. The number of aliphatic hydroxyl groups is 1. The summed E-state index contributed by atoms with van der Waals surface area (Å²) >= 11 is 0. The minimum Gasteiger partial charge on any atom is -0.479 e. The van der Waals surface area contributed by atoms with Gasteiger partial charge in [0, 0.05) is 13.0 Å². The number of rotatable bonds is 6. The lowest BCUT2D eigenvalue weighted by atomic mass is 10.0. The van der Waals surface area contributed by atoms with Crippen LogP contribution in [0, 0.1) is 5.92 Å². The smallest absolute Gasteiger partial charge is 0.337 e. The summed E-state index contributed by atoms with van der Waals surface area (Å²) in [7, 11) is 0. The SMILES string of the molecule is CC(C)C(C(=O)NCC(C)(O)C(=O)O)N1CCCC1=O. The molecule has 114 valence electrons. The summed E-state index contributed by atoms with van der Waals surface area (Å²) in [5, 5.41) is 20.8. The molecule has 0 spiro atoms. The summed E-state index contributed by atoms with van der Waals surface area (Å²) in [4.78, 5) is 36.2. The van der Waals surface area contributed by atoms with E-state index >= 15 is 0 Å². The highest BCUT2D eigenvalue weighted by Crippen LogP contribution is 2.19. The third kappa shape index (κ3) is 3.69. The van der Waals surface area contributed by atoms with Gasteiger partial charge in [-0.1, -0.05) is 13.8 Å². The predicted octanol–water partition coefficient (Wildman–Crippen LogP) is -0.415. The Hall–Kier alpha value is -1.63. The first-order valence-corrected chi connectivity index (χ1v) is 6.69. The standard InChI is InChI=1S/C13H22N2O5/c1-8(2)10(15-6-4-5-9(15)16)11(17)14-7-13(3,20)12(18)19/h8,10,20H,4-7H2,1-3H3,(H,14,17)(H,18,19). The van der Waals surface area contributed by atoms with Crippen LogP contribution >= 0.6 is 0 Å². The molecule has 7 heteroatoms. The number of nitrogens with one attached hydrogen (secondary N) is 1. The Bertz CT molecular complexity index is 406. The average Bonchev–Trinajstić information content (AvgIpc) is 2.73. The van der Waals surface area contributed by atoms with E-state index in [2.05, 4.69) is 5.32 Å². The van der Waals surface area contributed by atoms with Gasteiger partial charge < -0.3 is 20.4 Å². The van der Waals surface area contributed by atoms with E-state index in [0.29, 0.717) is 13.0 Å². The Morgan fingerprint density at radius 2 is 2.05 bits per heavy atom. The Morgan fingerprint density at radius 1 is 1.45 bits per heavy atom. The number of carbonyl (C=O) groups excluding carboxylic acids is 2. The summed E-state index contributed by atoms with van der Waals surface area (Å²) in [6.07, 6.45) is 1.16. The lowest BCUT2D eigenvalue weighted by Gasteiger charge is -2.30. The summed E-state index contributed by atoms with van der Waals surface area (Å²) < 4.78 is 0. The normalized spacial score (nSPS) is 19.9. The molecule has 3 N–H and O–H groups in total. The molecular weight excluding hydrogens is 264 g/mol. The minimum absolute atomic E-state index is 0.0659. The van der Waals surface area contributed by atoms with Crippen LogP contribution in [-0.4, -0.2) is 57.6 Å². The molecule has 1 aliphatic heterocycles. The molecule has 1 fully saturated rings. The van der Waals surface area contributed by atoms with E-state index in [1.807, 2.05) is 13.8 Å². The zero-order valence-corrected chi connectivity index (χ0v) is 12.0. The first kappa shape index (κ1) is 16.4. The number of carboxylic acids is 1. The third-order valence-electron chi connectivity index (χ3n) is 3.41. The molecule has 0 saturated carbocycles. The first-order chi connectivity index (χ1) is 9.16. The molecule has 2 atom stereocenters. The molecule has 1 rings (SSSR count). The lowest BCUT2D eigenvalue weighted by molar-refractivity contribution is -0.156. The van der Waals surface area contributed by atoms with E-state index in [1.165, 1.54) is 4.90 Å². The zero-order chi connectivity index (χ0) is 15.5. The molecule has 0 radical (unpaired) electrons. The number of hydrogen-bond acceptors (Lipinski definition) is 4. The monoisotopic (exact) mass is 286 g/mol. The molecule has 0 aliphatic carbocycles. The summed E-state index contributed by atoms with van der Waals surface area (Å²) in [6.45, 7) is 4.90. The van der Waals surface area contributed by atoms with Crippen molar-refractivity contribution >= 4 is 17.8 Å². The molecule has 1 saturated heterocycles. The molecule has 20 heavy (non-hydrogen) atoms. The number of likely N-dealkylation sites (tertiary alicyclic amines) is 1. The highest BCUT2D eigenvalue weighted by molar-refractivity contribution is 5.89. The van der Waals surface area contributed by atoms with Crippen LogP contribution in [0.3, 0.4) is 0 Å². The van der Waals surface area contributed by atoms with Crippen molar-refractivity contribution < 1.29 is 24.6 Å². The Labute approximate surface area is 117 Å². The fourth-order valence-corrected chi connectivity index (χ4v) is 2.21. The van der Waals surface area contributed by atoms with E-state index in [-0.39, 0.29) is 11.8 Å². The number of carbonyl (C=O) groups is 3. The Kier molecular flexibility index (Phi) is 5.10. The molecule has 1 aliphatic rings. The molecular formula is C13H22N2O5. The predicted molar refractivity (Wildman–Crippen MR) is 70.8 cm³/mol. The van der Waals surface area contributed by atoms with Crippen molar-refractivity contribution in [3.63, 3.8) is 0 Å². The van der Waals surface area contributed by atoms with Crippen molar-refractivity contribution in [2.75, 3.05) is 13.1 Å². The van der Waals surface area contributed by atoms with Crippen LogP contribution in [0.15, 0.2) is 0 Å². The average molecular weight is 286 g/mol. The van der Waals surface area contributed by atoms with E-state index < -0.39 is 30.1 Å². The largest absolute Gasteiger partial charge is 0.479 e. The third-order valence-corrected chi connectivity index (χ3v) is 3.41. The summed E-state index contributed by atoms with van der Waals surface area (Å²) in [5.74, 6) is -2.00. The number of hydrogen-bond donors (Lipinski definition) is 3. The zero-order valence-electron chi connectivity index (χ0n) is 12.0. The van der Waals surface area contributed by atoms with Gasteiger partial charge in [0.25, 0.3) is 0 Å². The van der Waals surface area contributed by atoms with E-state index in [0.717, 1.165) is 13.3 Å². The maximum atomic E-state index is 12.2. The van der Waals surface area contributed by atoms with E-state index in [9.17, 15) is 19.5 Å². The van der Waals surface area contributed by atoms with E-state index in [4.69, 9.17) is 5.11 Å². The molecule has 0 aromatic carbocycles. The highest BCUT2D eigenvalue weighted by Gasteiger charge is 2.37. The van der Waals surface area contributed by atoms with Gasteiger partial charge in [-0.05, 0) is 19.3 Å². The van der Waals surface area contributed by atoms with Crippen LogP contribution in [0.25, 0.3) is 0 Å². The Balaban J connectivity index is 2.71. The van der Waals surface area contributed by atoms with Gasteiger partial charge >= 0.3 is 5.97 Å². The topological polar surface area (TPSA) is 107 Å². The van der Waals surface area contributed by atoms with Gasteiger partial charge in [-0.25, -0.2) is 4.79 Å². The van der Waals surface area contributed by atoms with Gasteiger partial charge in [-0.2, -0.15) is 0 Å². The second-order valence-electron chi connectivity index (χ2n) is 5.68. The molecule has 7 nitrogen and oxygen atoms in total. The van der Waals surface area contributed by atoms with Crippen molar-refractivity contribution in [1.82, 2.24) is 10.2 Å². The van der Waals surface area contributed by atoms with Crippen molar-refractivity contribution in [3.05, 3.63) is 0 Å². The van der Waals surface area contributed by atoms with Gasteiger partial charge in [0.15, 0.2) is 5.60 Å². The number of carboxylic acid groups (broad SMARTS) is 1. The molecule has 0 bridgehead atoms. The van der Waals surface area contributed by atoms with Crippen LogP contribution in [0.1, 0.15) is 33.6 Å². The second kappa shape index (κ2) is 6.21. The fourth-order valence-electron chi connectivity index (χ4n) is 2.21. The minimum atomic E-state index is -2.02. The molecule has 0 aromatic rings. The maximum Gasteiger partial charge on any atom is 0.337 e. The van der Waals surface area contributed by atoms with Crippen molar-refractivity contribution in [3.8, 4) is 0 Å². The van der Waals surface area contributed by atoms with Gasteiger partial charge in [0.1, 0.15) is 6.04 Å². The number of nitrogens with zero attached hydrogens (tertiary/aromatic N) is 1. The van der Waals surface area contributed by atoms with Gasteiger partial charge in [-0.3, -0.25) is 9.59 Å². The highest BCUT2D eigenvalue weighted by atomic mass is 16.4. The van der Waals surface area contributed by atoms with Gasteiger partial charge in [0.2, 0.25) is 11.8 Å². The van der Waals surface area contributed by atoms with Crippen LogP contribution in [-0.2, 0) is 14.4 Å². The maximum absolute atomic E-state index is 12.2. The lowest BCUT2D eigenvalue weighted by Crippen LogP contribution is -2.54. The molecule has 1 heterocycles. The second-order valence-corrected chi connectivity index (χ2v) is 5.68. The van der Waals surface area contributed by atoms with Crippen molar-refractivity contribution in [2.24, 2.45) is 5.92 Å². The van der Waals surface area contributed by atoms with Crippen LogP contribution in [0.4, 0.5) is 0 Å². The Morgan fingerprint density at radius 3 is 2.45 bits per heavy atom. The molecule has 2 unspecified atom stereocenters. The van der Waals surface area contributed by atoms with E-state index in [1.54, 1.807) is 0 Å². The first-order valence-electron chi connectivity index (χ1n) is 6.69. The summed E-state index contributed by atoms with van der Waals surface area (Å²) in [5.41, 5.74) is -2.02. The van der Waals surface area contributed by atoms with Gasteiger partial charge in [-0.15, -0.1) is 0 Å². The number of amides is 2. The molecule has 2 amide bonds. The van der Waals surface area contributed by atoms with Crippen LogP contribution in [0.5, 0.6) is 0 Å².